The maximum Gasteiger partial charge on any atom is 0.108 e. The Morgan fingerprint density at radius 2 is 0.515 bits per heavy atom. The molecule has 33 heavy (non-hydrogen) atoms. The fourth-order valence-electron chi connectivity index (χ4n) is 4.28. The van der Waals surface area contributed by atoms with Gasteiger partial charge in [0.15, 0.2) is 0 Å². The largest absolute Gasteiger partial charge is 0.194 e. The van der Waals surface area contributed by atoms with E-state index in [0.29, 0.717) is 40.2 Å². The molecule has 0 N–H and O–H groups in total. The average Bonchev–Trinajstić information content (AvgIpc) is 2.78. The van der Waals surface area contributed by atoms with Crippen molar-refractivity contribution < 1.29 is 0 Å². The number of benzene rings is 4. The second kappa shape index (κ2) is 10.1. The summed E-state index contributed by atoms with van der Waals surface area (Å²) in [5.41, 5.74) is 3.44. The molecule has 0 unspecified atom stereocenters. The summed E-state index contributed by atoms with van der Waals surface area (Å²) >= 11 is 51.0. The molecule has 0 saturated carbocycles. The predicted molar refractivity (Wildman–Crippen MR) is 150 cm³/mol. The van der Waals surface area contributed by atoms with Crippen molar-refractivity contribution in [1.29, 1.82) is 0 Å². The summed E-state index contributed by atoms with van der Waals surface area (Å²) < 4.78 is 0. The molecule has 0 aliphatic rings. The van der Waals surface area contributed by atoms with Crippen LogP contribution in [0.2, 0.25) is 40.2 Å². The van der Waals surface area contributed by atoms with Gasteiger partial charge in [0.05, 0.1) is 40.2 Å². The zero-order valence-electron chi connectivity index (χ0n) is 16.5. The first-order chi connectivity index (χ1) is 15.6. The Morgan fingerprint density at radius 3 is 0.697 bits per heavy atom. The van der Waals surface area contributed by atoms with Gasteiger partial charge in [-0.15, -0.1) is 0 Å². The van der Waals surface area contributed by atoms with Gasteiger partial charge in [-0.2, -0.15) is 21.9 Å². The molecule has 0 aromatic heterocycles. The van der Waals surface area contributed by atoms with Gasteiger partial charge >= 0.3 is 0 Å². The Balaban J connectivity index is 2.21. The van der Waals surface area contributed by atoms with Crippen molar-refractivity contribution in [2.45, 2.75) is 0 Å². The quantitative estimate of drug-likeness (QED) is 0.209. The first kappa shape index (κ1) is 25.4. The van der Waals surface area contributed by atoms with E-state index in [1.54, 1.807) is 24.3 Å². The van der Waals surface area contributed by atoms with E-state index in [4.69, 9.17) is 92.8 Å². The molecule has 0 atom stereocenters. The van der Waals surface area contributed by atoms with E-state index in [9.17, 15) is 0 Å². The molecule has 0 aliphatic heterocycles. The van der Waals surface area contributed by atoms with Crippen LogP contribution in [-0.4, -0.2) is 6.15 Å². The van der Waals surface area contributed by atoms with Crippen LogP contribution >= 0.6 is 92.8 Å². The van der Waals surface area contributed by atoms with E-state index in [2.05, 4.69) is 0 Å². The summed E-state index contributed by atoms with van der Waals surface area (Å²) in [6, 6.07) is 22.0. The van der Waals surface area contributed by atoms with Crippen LogP contribution in [0.25, 0.3) is 0 Å². The number of hydrogen-bond donors (Lipinski definition) is 0. The van der Waals surface area contributed by atoms with Crippen LogP contribution in [0.3, 0.4) is 0 Å². The van der Waals surface area contributed by atoms with Gasteiger partial charge in [-0.3, -0.25) is 0 Å². The fourth-order valence-corrected chi connectivity index (χ4v) is 5.51. The smallest absolute Gasteiger partial charge is 0.108 e. The lowest BCUT2D eigenvalue weighted by Crippen LogP contribution is -2.74. The van der Waals surface area contributed by atoms with Crippen LogP contribution in [0.1, 0.15) is 0 Å². The third-order valence-corrected chi connectivity index (χ3v) is 8.73. The molecule has 0 bridgehead atoms. The highest BCUT2D eigenvalue weighted by Gasteiger charge is 2.33. The lowest BCUT2D eigenvalue weighted by molar-refractivity contribution is 1.66. The van der Waals surface area contributed by atoms with Crippen molar-refractivity contribution in [2.75, 3.05) is 0 Å². The summed E-state index contributed by atoms with van der Waals surface area (Å²) in [6.07, 6.45) is -1.92. The molecule has 0 amide bonds. The number of rotatable bonds is 4. The van der Waals surface area contributed by atoms with Gasteiger partial charge in [0.25, 0.3) is 0 Å². The Bertz CT molecular complexity index is 1160. The van der Waals surface area contributed by atoms with E-state index < -0.39 is 6.15 Å². The summed E-state index contributed by atoms with van der Waals surface area (Å²) in [7, 11) is 0. The topological polar surface area (TPSA) is 0 Å². The van der Waals surface area contributed by atoms with Crippen molar-refractivity contribution in [3.8, 4) is 0 Å². The van der Waals surface area contributed by atoms with E-state index >= 15 is 0 Å². The molecule has 9 heteroatoms. The van der Waals surface area contributed by atoms with Crippen molar-refractivity contribution in [3.05, 3.63) is 113 Å². The summed E-state index contributed by atoms with van der Waals surface area (Å²) in [5, 5.41) is 3.34. The van der Waals surface area contributed by atoms with Crippen LogP contribution in [0.15, 0.2) is 72.8 Å². The molecule has 4 aromatic rings. The van der Waals surface area contributed by atoms with E-state index in [-0.39, 0.29) is 0 Å². The summed E-state index contributed by atoms with van der Waals surface area (Å²) in [5.74, 6) is 0. The maximum atomic E-state index is 6.49. The van der Waals surface area contributed by atoms with Crippen molar-refractivity contribution in [1.82, 2.24) is 0 Å². The first-order valence-electron chi connectivity index (χ1n) is 9.62. The Kier molecular flexibility index (Phi) is 7.76. The maximum absolute atomic E-state index is 6.49. The Morgan fingerprint density at radius 1 is 0.303 bits per heavy atom. The van der Waals surface area contributed by atoms with E-state index in [1.165, 1.54) is 0 Å². The third kappa shape index (κ3) is 4.73. The van der Waals surface area contributed by atoms with Gasteiger partial charge in [-0.1, -0.05) is 141 Å². The molecule has 0 nitrogen and oxygen atoms in total. The van der Waals surface area contributed by atoms with Crippen LogP contribution in [-0.2, 0) is 0 Å². The molecule has 0 aliphatic carbocycles. The molecular formula is C24H12BCl8-. The Labute approximate surface area is 232 Å². The SMILES string of the molecule is Clc1ccc([B-](c2ccc(Cl)c(Cl)c2)(c2ccc(Cl)c(Cl)c2)c2ccc(Cl)c(Cl)c2)cc1Cl. The molecule has 0 saturated heterocycles. The first-order valence-corrected chi connectivity index (χ1v) is 12.6. The van der Waals surface area contributed by atoms with Gasteiger partial charge in [-0.25, -0.2) is 0 Å². The Hall–Kier alpha value is -0.735. The minimum atomic E-state index is -1.92. The molecule has 4 rings (SSSR count). The minimum Gasteiger partial charge on any atom is -0.194 e. The zero-order valence-corrected chi connectivity index (χ0v) is 22.6. The van der Waals surface area contributed by atoms with Gasteiger partial charge in [0, 0.05) is 0 Å². The van der Waals surface area contributed by atoms with Crippen molar-refractivity contribution in [2.24, 2.45) is 0 Å². The normalized spacial score (nSPS) is 11.6. The van der Waals surface area contributed by atoms with Crippen LogP contribution in [0, 0.1) is 0 Å². The number of hydrogen-bond acceptors (Lipinski definition) is 0. The van der Waals surface area contributed by atoms with E-state index in [1.807, 2.05) is 48.5 Å². The fraction of sp³-hybridized carbons (Fsp3) is 0. The van der Waals surface area contributed by atoms with Gasteiger partial charge in [0.1, 0.15) is 6.15 Å². The molecule has 168 valence electrons. The summed E-state index contributed by atoms with van der Waals surface area (Å²) in [4.78, 5) is 0. The third-order valence-electron chi connectivity index (χ3n) is 5.77. The van der Waals surface area contributed by atoms with Crippen LogP contribution < -0.4 is 21.9 Å². The average molecular weight is 595 g/mol. The lowest BCUT2D eigenvalue weighted by atomic mass is 9.13. The monoisotopic (exact) mass is 591 g/mol. The minimum absolute atomic E-state index is 0.403. The standard InChI is InChI=1S/C24H12BCl8/c26-17-5-1-13(9-21(17)30)25(14-2-6-18(27)22(31)10-14,15-3-7-19(28)23(32)11-15)16-4-8-20(29)24(33)12-16/h1-12H/q-1. The lowest BCUT2D eigenvalue weighted by Gasteiger charge is -2.44. The second-order valence-electron chi connectivity index (χ2n) is 7.56. The van der Waals surface area contributed by atoms with Gasteiger partial charge in [-0.05, 0) is 24.3 Å². The molecule has 0 radical (unpaired) electrons. The molecule has 0 fully saturated rings. The molecule has 4 aromatic carbocycles. The van der Waals surface area contributed by atoms with Gasteiger partial charge < -0.3 is 0 Å². The second-order valence-corrected chi connectivity index (χ2v) is 10.8. The highest BCUT2D eigenvalue weighted by atomic mass is 35.5. The predicted octanol–water partition coefficient (Wildman–Crippen LogP) is 8.29. The van der Waals surface area contributed by atoms with Crippen molar-refractivity contribution in [3.63, 3.8) is 0 Å². The molecule has 0 heterocycles. The summed E-state index contributed by atoms with van der Waals surface area (Å²) in [6.45, 7) is 0. The van der Waals surface area contributed by atoms with Crippen LogP contribution in [0.4, 0.5) is 0 Å². The highest BCUT2D eigenvalue weighted by molar-refractivity contribution is 7.20. The van der Waals surface area contributed by atoms with Gasteiger partial charge in [0.2, 0.25) is 0 Å². The van der Waals surface area contributed by atoms with Crippen molar-refractivity contribution >= 4 is 121 Å². The van der Waals surface area contributed by atoms with Crippen LogP contribution in [0.5, 0.6) is 0 Å². The molecular weight excluding hydrogens is 583 g/mol. The zero-order chi connectivity index (χ0) is 23.9. The van der Waals surface area contributed by atoms with E-state index in [0.717, 1.165) is 21.9 Å². The molecule has 0 spiro atoms. The number of halogens is 8. The highest BCUT2D eigenvalue weighted by Crippen LogP contribution is 2.27.